The molecule has 1 amide bonds. The second kappa shape index (κ2) is 8.23. The molecule has 3 rings (SSSR count). The average Bonchev–Trinajstić information content (AvgIpc) is 2.69. The van der Waals surface area contributed by atoms with Crippen LogP contribution in [-0.2, 0) is 11.2 Å². The number of ether oxygens (including phenoxy) is 2. The number of carbonyl (C=O) groups excluding carboxylic acids is 1. The highest BCUT2D eigenvalue weighted by atomic mass is 16.5. The largest absolute Gasteiger partial charge is 0.496 e. The number of methoxy groups -OCH3 is 2. The first-order valence-electron chi connectivity index (χ1n) is 8.90. The maximum absolute atomic E-state index is 13.1. The summed E-state index contributed by atoms with van der Waals surface area (Å²) in [6.45, 7) is 4.21. The standard InChI is InChI=1S/C21H26N2O3/c1-15-8-9-16(12-20(15)26-3)13-21(24)23-11-10-22-14-18(23)17-6-4-5-7-19(17)25-2/h4-9,12,18,22H,10-11,13-14H2,1-3H3. The van der Waals surface area contributed by atoms with Crippen LogP contribution in [0.1, 0.15) is 22.7 Å². The van der Waals surface area contributed by atoms with Gasteiger partial charge in [-0.25, -0.2) is 0 Å². The summed E-state index contributed by atoms with van der Waals surface area (Å²) in [7, 11) is 3.32. The summed E-state index contributed by atoms with van der Waals surface area (Å²) in [5, 5.41) is 3.39. The monoisotopic (exact) mass is 354 g/mol. The van der Waals surface area contributed by atoms with Crippen molar-refractivity contribution in [1.82, 2.24) is 10.2 Å². The van der Waals surface area contributed by atoms with Gasteiger partial charge in [-0.3, -0.25) is 4.79 Å². The first-order valence-corrected chi connectivity index (χ1v) is 8.90. The molecule has 1 heterocycles. The van der Waals surface area contributed by atoms with Crippen molar-refractivity contribution in [2.75, 3.05) is 33.9 Å². The number of rotatable bonds is 5. The van der Waals surface area contributed by atoms with E-state index in [0.717, 1.165) is 41.3 Å². The molecule has 0 bridgehead atoms. The molecular formula is C21H26N2O3. The Balaban J connectivity index is 1.82. The summed E-state index contributed by atoms with van der Waals surface area (Å²) in [6, 6.07) is 13.8. The van der Waals surface area contributed by atoms with Crippen molar-refractivity contribution >= 4 is 5.91 Å². The molecule has 2 aromatic carbocycles. The second-order valence-electron chi connectivity index (χ2n) is 6.53. The van der Waals surface area contributed by atoms with Crippen molar-refractivity contribution in [3.05, 3.63) is 59.2 Å². The highest BCUT2D eigenvalue weighted by molar-refractivity contribution is 5.79. The average molecular weight is 354 g/mol. The van der Waals surface area contributed by atoms with Crippen molar-refractivity contribution in [2.45, 2.75) is 19.4 Å². The molecule has 1 atom stereocenters. The minimum atomic E-state index is -0.0280. The van der Waals surface area contributed by atoms with E-state index in [-0.39, 0.29) is 11.9 Å². The van der Waals surface area contributed by atoms with Crippen LogP contribution in [0.2, 0.25) is 0 Å². The number of nitrogens with zero attached hydrogens (tertiary/aromatic N) is 1. The molecule has 138 valence electrons. The summed E-state index contributed by atoms with van der Waals surface area (Å²) in [4.78, 5) is 15.0. The highest BCUT2D eigenvalue weighted by Crippen LogP contribution is 2.30. The topological polar surface area (TPSA) is 50.8 Å². The zero-order valence-corrected chi connectivity index (χ0v) is 15.6. The lowest BCUT2D eigenvalue weighted by Crippen LogP contribution is -2.49. The number of nitrogens with one attached hydrogen (secondary N) is 1. The van der Waals surface area contributed by atoms with Gasteiger partial charge in [0.1, 0.15) is 11.5 Å². The van der Waals surface area contributed by atoms with E-state index in [4.69, 9.17) is 9.47 Å². The SMILES string of the molecule is COc1cc(CC(=O)N2CCNCC2c2ccccc2OC)ccc1C. The molecule has 0 aliphatic carbocycles. The van der Waals surface area contributed by atoms with E-state index in [1.165, 1.54) is 0 Å². The second-order valence-corrected chi connectivity index (χ2v) is 6.53. The molecule has 0 aromatic heterocycles. The molecule has 0 saturated carbocycles. The summed E-state index contributed by atoms with van der Waals surface area (Å²) in [5.74, 6) is 1.75. The highest BCUT2D eigenvalue weighted by Gasteiger charge is 2.29. The van der Waals surface area contributed by atoms with E-state index in [1.807, 2.05) is 54.3 Å². The fourth-order valence-electron chi connectivity index (χ4n) is 3.47. The Kier molecular flexibility index (Phi) is 5.78. The van der Waals surface area contributed by atoms with Gasteiger partial charge in [0.25, 0.3) is 0 Å². The minimum absolute atomic E-state index is 0.0280. The van der Waals surface area contributed by atoms with Crippen molar-refractivity contribution in [3.63, 3.8) is 0 Å². The molecule has 5 nitrogen and oxygen atoms in total. The maximum atomic E-state index is 13.1. The number of carbonyl (C=O) groups is 1. The van der Waals surface area contributed by atoms with Crippen LogP contribution in [0.5, 0.6) is 11.5 Å². The van der Waals surface area contributed by atoms with Crippen LogP contribution in [0.3, 0.4) is 0 Å². The Bertz CT molecular complexity index is 776. The molecule has 1 saturated heterocycles. The quantitative estimate of drug-likeness (QED) is 0.897. The summed E-state index contributed by atoms with van der Waals surface area (Å²) in [5.41, 5.74) is 3.07. The van der Waals surface area contributed by atoms with Crippen molar-refractivity contribution in [2.24, 2.45) is 0 Å². The number of benzene rings is 2. The smallest absolute Gasteiger partial charge is 0.227 e. The third-order valence-corrected chi connectivity index (χ3v) is 4.89. The van der Waals surface area contributed by atoms with E-state index < -0.39 is 0 Å². The van der Waals surface area contributed by atoms with Crippen molar-refractivity contribution < 1.29 is 14.3 Å². The fourth-order valence-corrected chi connectivity index (χ4v) is 3.47. The summed E-state index contributed by atoms with van der Waals surface area (Å²) < 4.78 is 10.9. The van der Waals surface area contributed by atoms with Gasteiger partial charge < -0.3 is 19.7 Å². The maximum Gasteiger partial charge on any atom is 0.227 e. The molecule has 1 N–H and O–H groups in total. The fraction of sp³-hybridized carbons (Fsp3) is 0.381. The zero-order valence-electron chi connectivity index (χ0n) is 15.6. The van der Waals surface area contributed by atoms with Crippen LogP contribution in [0.4, 0.5) is 0 Å². The Morgan fingerprint density at radius 1 is 1.15 bits per heavy atom. The van der Waals surface area contributed by atoms with Crippen LogP contribution in [0.25, 0.3) is 0 Å². The molecule has 1 unspecified atom stereocenters. The van der Waals surface area contributed by atoms with Gasteiger partial charge in [0.2, 0.25) is 5.91 Å². The molecule has 1 aliphatic heterocycles. The molecule has 2 aromatic rings. The molecule has 5 heteroatoms. The van der Waals surface area contributed by atoms with Gasteiger partial charge in [0, 0.05) is 25.2 Å². The lowest BCUT2D eigenvalue weighted by atomic mass is 10.0. The summed E-state index contributed by atoms with van der Waals surface area (Å²) in [6.07, 6.45) is 0.363. The van der Waals surface area contributed by atoms with Crippen LogP contribution in [0.15, 0.2) is 42.5 Å². The van der Waals surface area contributed by atoms with Gasteiger partial charge in [-0.15, -0.1) is 0 Å². The van der Waals surface area contributed by atoms with E-state index in [1.54, 1.807) is 14.2 Å². The molecule has 26 heavy (non-hydrogen) atoms. The van der Waals surface area contributed by atoms with Crippen molar-refractivity contribution in [3.8, 4) is 11.5 Å². The van der Waals surface area contributed by atoms with Gasteiger partial charge in [0.15, 0.2) is 0 Å². The number of hydrogen-bond acceptors (Lipinski definition) is 4. The Morgan fingerprint density at radius 3 is 2.69 bits per heavy atom. The Morgan fingerprint density at radius 2 is 1.92 bits per heavy atom. The number of para-hydroxylation sites is 1. The number of aryl methyl sites for hydroxylation is 1. The number of piperazine rings is 1. The minimum Gasteiger partial charge on any atom is -0.496 e. The van der Waals surface area contributed by atoms with Crippen LogP contribution >= 0.6 is 0 Å². The van der Waals surface area contributed by atoms with Gasteiger partial charge in [-0.2, -0.15) is 0 Å². The van der Waals surface area contributed by atoms with Gasteiger partial charge in [-0.05, 0) is 30.2 Å². The van der Waals surface area contributed by atoms with E-state index in [0.29, 0.717) is 13.0 Å². The third-order valence-electron chi connectivity index (χ3n) is 4.89. The van der Waals surface area contributed by atoms with E-state index >= 15 is 0 Å². The summed E-state index contributed by atoms with van der Waals surface area (Å²) >= 11 is 0. The predicted octanol–water partition coefficient (Wildman–Crippen LogP) is 2.73. The van der Waals surface area contributed by atoms with E-state index in [2.05, 4.69) is 5.32 Å². The van der Waals surface area contributed by atoms with Crippen LogP contribution in [-0.4, -0.2) is 44.7 Å². The van der Waals surface area contributed by atoms with Gasteiger partial charge in [-0.1, -0.05) is 30.3 Å². The molecule has 1 fully saturated rings. The molecular weight excluding hydrogens is 328 g/mol. The molecule has 0 radical (unpaired) electrons. The lowest BCUT2D eigenvalue weighted by molar-refractivity contribution is -0.133. The molecule has 0 spiro atoms. The Labute approximate surface area is 154 Å². The zero-order chi connectivity index (χ0) is 18.5. The Hall–Kier alpha value is -2.53. The first kappa shape index (κ1) is 18.3. The number of amides is 1. The first-order chi connectivity index (χ1) is 12.6. The van der Waals surface area contributed by atoms with Crippen LogP contribution in [0, 0.1) is 6.92 Å². The predicted molar refractivity (Wildman–Crippen MR) is 102 cm³/mol. The molecule has 1 aliphatic rings. The van der Waals surface area contributed by atoms with Gasteiger partial charge >= 0.3 is 0 Å². The lowest BCUT2D eigenvalue weighted by Gasteiger charge is -2.37. The van der Waals surface area contributed by atoms with E-state index in [9.17, 15) is 4.79 Å². The van der Waals surface area contributed by atoms with Crippen molar-refractivity contribution in [1.29, 1.82) is 0 Å². The normalized spacial score (nSPS) is 17.0. The third kappa shape index (κ3) is 3.83. The van der Waals surface area contributed by atoms with Crippen LogP contribution < -0.4 is 14.8 Å². The number of hydrogen-bond donors (Lipinski definition) is 1. The van der Waals surface area contributed by atoms with Gasteiger partial charge in [0.05, 0.1) is 26.7 Å².